The molecule has 0 unspecified atom stereocenters. The number of aryl methyl sites for hydroxylation is 1. The van der Waals surface area contributed by atoms with Gasteiger partial charge in [0.25, 0.3) is 10.1 Å². The SMILES string of the molecule is Cc1ccc(S(=O)(=O)OCC2CCC(CN(C)S(=O)(=O)c3cccc4ccccc34)CC2)cc1. The van der Waals surface area contributed by atoms with E-state index in [2.05, 4.69) is 0 Å². The maximum atomic E-state index is 13.3. The van der Waals surface area contributed by atoms with Crippen LogP contribution in [0.3, 0.4) is 0 Å². The van der Waals surface area contributed by atoms with Crippen molar-refractivity contribution in [3.05, 3.63) is 72.3 Å². The van der Waals surface area contributed by atoms with Crippen molar-refractivity contribution in [2.75, 3.05) is 20.2 Å². The minimum Gasteiger partial charge on any atom is -0.266 e. The molecule has 34 heavy (non-hydrogen) atoms. The number of fused-ring (bicyclic) bond motifs is 1. The average molecular weight is 502 g/mol. The predicted octanol–water partition coefficient (Wildman–Crippen LogP) is 4.98. The maximum absolute atomic E-state index is 13.3. The molecule has 0 heterocycles. The highest BCUT2D eigenvalue weighted by Gasteiger charge is 2.29. The van der Waals surface area contributed by atoms with Crippen LogP contribution >= 0.6 is 0 Å². The number of hydrogen-bond acceptors (Lipinski definition) is 5. The first-order valence-corrected chi connectivity index (χ1v) is 14.4. The highest BCUT2D eigenvalue weighted by molar-refractivity contribution is 7.89. The molecule has 182 valence electrons. The summed E-state index contributed by atoms with van der Waals surface area (Å²) in [6.07, 6.45) is 3.31. The van der Waals surface area contributed by atoms with Crippen molar-refractivity contribution >= 4 is 30.9 Å². The fourth-order valence-corrected chi connectivity index (χ4v) is 7.02. The van der Waals surface area contributed by atoms with E-state index in [-0.39, 0.29) is 23.3 Å². The fourth-order valence-electron chi connectivity index (χ4n) is 4.59. The minimum atomic E-state index is -3.76. The predicted molar refractivity (Wildman–Crippen MR) is 134 cm³/mol. The van der Waals surface area contributed by atoms with Gasteiger partial charge in [0, 0.05) is 19.0 Å². The second-order valence-electron chi connectivity index (χ2n) is 9.20. The quantitative estimate of drug-likeness (QED) is 0.407. The van der Waals surface area contributed by atoms with E-state index in [1.54, 1.807) is 43.4 Å². The summed E-state index contributed by atoms with van der Waals surface area (Å²) in [5.74, 6) is 0.385. The van der Waals surface area contributed by atoms with E-state index in [4.69, 9.17) is 4.18 Å². The van der Waals surface area contributed by atoms with Gasteiger partial charge in [-0.05, 0) is 68.0 Å². The van der Waals surface area contributed by atoms with Crippen LogP contribution in [0.2, 0.25) is 0 Å². The van der Waals surface area contributed by atoms with Crippen LogP contribution in [-0.2, 0) is 24.3 Å². The molecule has 3 aromatic rings. The summed E-state index contributed by atoms with van der Waals surface area (Å²) in [5, 5.41) is 1.63. The van der Waals surface area contributed by atoms with Gasteiger partial charge in [-0.25, -0.2) is 12.7 Å². The molecule has 3 aromatic carbocycles. The van der Waals surface area contributed by atoms with Crippen molar-refractivity contribution in [1.29, 1.82) is 0 Å². The highest BCUT2D eigenvalue weighted by Crippen LogP contribution is 2.32. The zero-order chi connectivity index (χ0) is 24.3. The molecule has 8 heteroatoms. The van der Waals surface area contributed by atoms with Gasteiger partial charge >= 0.3 is 0 Å². The van der Waals surface area contributed by atoms with E-state index >= 15 is 0 Å². The van der Waals surface area contributed by atoms with Gasteiger partial charge in [0.05, 0.1) is 16.4 Å². The summed E-state index contributed by atoms with van der Waals surface area (Å²) in [5.41, 5.74) is 0.990. The molecule has 0 aliphatic heterocycles. The third-order valence-electron chi connectivity index (χ3n) is 6.69. The number of nitrogens with zero attached hydrogens (tertiary/aromatic N) is 1. The van der Waals surface area contributed by atoms with Crippen molar-refractivity contribution in [3.8, 4) is 0 Å². The van der Waals surface area contributed by atoms with Crippen LogP contribution < -0.4 is 0 Å². The Balaban J connectivity index is 1.32. The fraction of sp³-hybridized carbons (Fsp3) is 0.385. The number of benzene rings is 3. The zero-order valence-corrected chi connectivity index (χ0v) is 21.2. The average Bonchev–Trinajstić information content (AvgIpc) is 2.83. The Morgan fingerprint density at radius 2 is 1.44 bits per heavy atom. The van der Waals surface area contributed by atoms with Crippen molar-refractivity contribution in [2.45, 2.75) is 42.4 Å². The molecular formula is C26H31NO5S2. The van der Waals surface area contributed by atoms with E-state index in [9.17, 15) is 16.8 Å². The molecule has 1 fully saturated rings. The molecule has 0 N–H and O–H groups in total. The largest absolute Gasteiger partial charge is 0.296 e. The monoisotopic (exact) mass is 501 g/mol. The molecule has 4 rings (SSSR count). The topological polar surface area (TPSA) is 80.8 Å². The van der Waals surface area contributed by atoms with Crippen molar-refractivity contribution < 1.29 is 21.0 Å². The van der Waals surface area contributed by atoms with Crippen molar-refractivity contribution in [2.24, 2.45) is 11.8 Å². The molecule has 0 atom stereocenters. The van der Waals surface area contributed by atoms with Gasteiger partial charge in [0.1, 0.15) is 0 Å². The number of hydrogen-bond donors (Lipinski definition) is 0. The first-order chi connectivity index (χ1) is 16.2. The Bertz CT molecular complexity index is 1340. The van der Waals surface area contributed by atoms with Gasteiger partial charge in [0.15, 0.2) is 0 Å². The first-order valence-electron chi connectivity index (χ1n) is 11.6. The number of rotatable bonds is 8. The molecule has 0 amide bonds. The second-order valence-corrected chi connectivity index (χ2v) is 12.8. The van der Waals surface area contributed by atoms with Gasteiger partial charge in [-0.3, -0.25) is 4.18 Å². The summed E-state index contributed by atoms with van der Waals surface area (Å²) in [7, 11) is -5.74. The Labute approximate surface area is 202 Å². The molecule has 0 aromatic heterocycles. The Morgan fingerprint density at radius 3 is 2.15 bits per heavy atom. The van der Waals surface area contributed by atoms with Gasteiger partial charge < -0.3 is 0 Å². The molecule has 1 aliphatic rings. The maximum Gasteiger partial charge on any atom is 0.296 e. The zero-order valence-electron chi connectivity index (χ0n) is 19.6. The molecule has 1 saturated carbocycles. The lowest BCUT2D eigenvalue weighted by Crippen LogP contribution is -2.34. The van der Waals surface area contributed by atoms with Crippen LogP contribution in [0.15, 0.2) is 76.5 Å². The van der Waals surface area contributed by atoms with Crippen LogP contribution in [-0.4, -0.2) is 41.3 Å². The van der Waals surface area contributed by atoms with Crippen LogP contribution in [0.1, 0.15) is 31.2 Å². The molecular weight excluding hydrogens is 470 g/mol. The van der Waals surface area contributed by atoms with E-state index in [1.807, 2.05) is 37.3 Å². The van der Waals surface area contributed by atoms with Gasteiger partial charge in [0.2, 0.25) is 10.0 Å². The summed E-state index contributed by atoms with van der Waals surface area (Å²) in [4.78, 5) is 0.503. The van der Waals surface area contributed by atoms with Crippen LogP contribution in [0.4, 0.5) is 0 Å². The van der Waals surface area contributed by atoms with Crippen LogP contribution in [0.5, 0.6) is 0 Å². The smallest absolute Gasteiger partial charge is 0.266 e. The summed E-state index contributed by atoms with van der Waals surface area (Å²) in [6, 6.07) is 19.5. The standard InChI is InChI=1S/C26H31NO5S2/c1-20-10-16-24(17-11-20)34(30,31)32-19-22-14-12-21(13-15-22)18-27(2)33(28,29)26-9-5-7-23-6-3-4-8-25(23)26/h3-11,16-17,21-22H,12-15,18-19H2,1-2H3. The molecule has 0 spiro atoms. The third-order valence-corrected chi connectivity index (χ3v) is 9.87. The molecule has 0 saturated heterocycles. The molecule has 6 nitrogen and oxygen atoms in total. The summed E-state index contributed by atoms with van der Waals surface area (Å²) >= 11 is 0. The Kier molecular flexibility index (Phi) is 7.42. The lowest BCUT2D eigenvalue weighted by Gasteiger charge is -2.31. The summed E-state index contributed by atoms with van der Waals surface area (Å²) in [6.45, 7) is 2.51. The van der Waals surface area contributed by atoms with Crippen molar-refractivity contribution in [1.82, 2.24) is 4.31 Å². The normalized spacial score (nSPS) is 19.5. The Hall–Kier alpha value is -2.26. The van der Waals surface area contributed by atoms with Crippen LogP contribution in [0.25, 0.3) is 10.8 Å². The highest BCUT2D eigenvalue weighted by atomic mass is 32.2. The molecule has 0 bridgehead atoms. The Morgan fingerprint density at radius 1 is 0.824 bits per heavy atom. The number of sulfonamides is 1. The van der Waals surface area contributed by atoms with E-state index in [0.717, 1.165) is 42.0 Å². The van der Waals surface area contributed by atoms with Gasteiger partial charge in [-0.2, -0.15) is 8.42 Å². The van der Waals surface area contributed by atoms with Crippen LogP contribution in [0, 0.1) is 18.8 Å². The van der Waals surface area contributed by atoms with Crippen molar-refractivity contribution in [3.63, 3.8) is 0 Å². The minimum absolute atomic E-state index is 0.149. The van der Waals surface area contributed by atoms with E-state index in [0.29, 0.717) is 11.4 Å². The summed E-state index contributed by atoms with van der Waals surface area (Å²) < 4.78 is 58.2. The molecule has 1 aliphatic carbocycles. The first kappa shape index (κ1) is 24.9. The van der Waals surface area contributed by atoms with Gasteiger partial charge in [-0.15, -0.1) is 0 Å². The second kappa shape index (κ2) is 10.2. The van der Waals surface area contributed by atoms with E-state index < -0.39 is 20.1 Å². The van der Waals surface area contributed by atoms with Gasteiger partial charge in [-0.1, -0.05) is 54.1 Å². The van der Waals surface area contributed by atoms with E-state index in [1.165, 1.54) is 4.31 Å². The third kappa shape index (κ3) is 5.51. The lowest BCUT2D eigenvalue weighted by atomic mass is 9.82. The lowest BCUT2D eigenvalue weighted by molar-refractivity contribution is 0.178. The molecule has 0 radical (unpaired) electrons.